The van der Waals surface area contributed by atoms with Crippen LogP contribution in [0.2, 0.25) is 0 Å². The summed E-state index contributed by atoms with van der Waals surface area (Å²) >= 11 is 6.01. The third-order valence-corrected chi connectivity index (χ3v) is 3.26. The maximum atomic E-state index is 11.9. The molecule has 0 spiro atoms. The molecule has 0 aliphatic rings. The lowest BCUT2D eigenvalue weighted by Gasteiger charge is -2.09. The molecule has 0 saturated heterocycles. The summed E-state index contributed by atoms with van der Waals surface area (Å²) in [4.78, 5) is 26.6. The van der Waals surface area contributed by atoms with E-state index in [0.29, 0.717) is 23.3 Å². The summed E-state index contributed by atoms with van der Waals surface area (Å²) in [5.74, 6) is -0.628. The number of ether oxygens (including phenoxy) is 1. The van der Waals surface area contributed by atoms with Crippen molar-refractivity contribution in [3.63, 3.8) is 0 Å². The third kappa shape index (κ3) is 6.07. The molecule has 0 aromatic heterocycles. The van der Waals surface area contributed by atoms with E-state index in [9.17, 15) is 4.79 Å². The Labute approximate surface area is 151 Å². The van der Waals surface area contributed by atoms with Gasteiger partial charge in [-0.1, -0.05) is 58.3 Å². The summed E-state index contributed by atoms with van der Waals surface area (Å²) in [7, 11) is 4.02. The molecule has 0 fully saturated rings. The van der Waals surface area contributed by atoms with Crippen LogP contribution >= 0.6 is 11.6 Å². The first-order chi connectivity index (χ1) is 12.1. The Morgan fingerprint density at radius 3 is 2.36 bits per heavy atom. The molecule has 0 aliphatic heterocycles. The van der Waals surface area contributed by atoms with Crippen molar-refractivity contribution in [2.75, 3.05) is 21.3 Å². The van der Waals surface area contributed by atoms with Gasteiger partial charge >= 0.3 is 5.97 Å². The SMILES string of the molecule is CCC(=NOC)C(Cl)=NOCc1ccccc1C(=NOC)C(=O)OC. The average molecular weight is 370 g/mol. The highest BCUT2D eigenvalue weighted by atomic mass is 35.5. The van der Waals surface area contributed by atoms with E-state index in [1.165, 1.54) is 21.3 Å². The van der Waals surface area contributed by atoms with Crippen LogP contribution in [0.3, 0.4) is 0 Å². The lowest BCUT2D eigenvalue weighted by Crippen LogP contribution is -2.19. The quantitative estimate of drug-likeness (QED) is 0.379. The third-order valence-electron chi connectivity index (χ3n) is 2.97. The number of halogens is 1. The molecule has 0 radical (unpaired) electrons. The van der Waals surface area contributed by atoms with Gasteiger partial charge in [-0.3, -0.25) is 0 Å². The first-order valence-corrected chi connectivity index (χ1v) is 7.70. The van der Waals surface area contributed by atoms with E-state index >= 15 is 0 Å². The van der Waals surface area contributed by atoms with Gasteiger partial charge in [0.1, 0.15) is 26.5 Å². The molecule has 0 bridgehead atoms. The highest BCUT2D eigenvalue weighted by Gasteiger charge is 2.19. The van der Waals surface area contributed by atoms with Gasteiger partial charge in [0.15, 0.2) is 10.9 Å². The highest BCUT2D eigenvalue weighted by Crippen LogP contribution is 2.13. The number of rotatable bonds is 9. The summed E-state index contributed by atoms with van der Waals surface area (Å²) in [6, 6.07) is 7.00. The lowest BCUT2D eigenvalue weighted by molar-refractivity contribution is -0.132. The van der Waals surface area contributed by atoms with Gasteiger partial charge in [-0.15, -0.1) is 0 Å². The maximum absolute atomic E-state index is 11.9. The van der Waals surface area contributed by atoms with Crippen LogP contribution in [0.5, 0.6) is 0 Å². The van der Waals surface area contributed by atoms with Crippen molar-refractivity contribution < 1.29 is 24.0 Å². The number of methoxy groups -OCH3 is 1. The summed E-state index contributed by atoms with van der Waals surface area (Å²) in [6.07, 6.45) is 0.531. The Kier molecular flexibility index (Phi) is 9.02. The van der Waals surface area contributed by atoms with Crippen LogP contribution in [0.1, 0.15) is 24.5 Å². The molecule has 0 atom stereocenters. The Hall–Kier alpha value is -2.61. The van der Waals surface area contributed by atoms with E-state index in [1.807, 2.05) is 6.92 Å². The molecule has 0 unspecified atom stereocenters. The van der Waals surface area contributed by atoms with Crippen molar-refractivity contribution >= 4 is 34.2 Å². The lowest BCUT2D eigenvalue weighted by atomic mass is 10.0. The normalized spacial score (nSPS) is 12.6. The second-order valence-corrected chi connectivity index (χ2v) is 4.86. The molecule has 1 aromatic rings. The first-order valence-electron chi connectivity index (χ1n) is 7.32. The first kappa shape index (κ1) is 20.4. The van der Waals surface area contributed by atoms with Crippen LogP contribution in [0.15, 0.2) is 39.7 Å². The second-order valence-electron chi connectivity index (χ2n) is 4.50. The van der Waals surface area contributed by atoms with Crippen LogP contribution in [-0.2, 0) is 30.7 Å². The molecule has 25 heavy (non-hydrogen) atoms. The molecule has 0 amide bonds. The molecular weight excluding hydrogens is 350 g/mol. The number of carbonyl (C=O) groups is 1. The molecular formula is C16H20ClN3O5. The summed E-state index contributed by atoms with van der Waals surface area (Å²) in [6.45, 7) is 1.91. The van der Waals surface area contributed by atoms with E-state index in [2.05, 4.69) is 20.3 Å². The van der Waals surface area contributed by atoms with Crippen LogP contribution < -0.4 is 0 Å². The van der Waals surface area contributed by atoms with Gasteiger partial charge in [0.2, 0.25) is 0 Å². The maximum Gasteiger partial charge on any atom is 0.360 e. The summed E-state index contributed by atoms with van der Waals surface area (Å²) in [5, 5.41) is 11.4. The topological polar surface area (TPSA) is 91.1 Å². The number of benzene rings is 1. The van der Waals surface area contributed by atoms with E-state index in [0.717, 1.165) is 0 Å². The predicted octanol–water partition coefficient (Wildman–Crippen LogP) is 2.69. The molecule has 1 aromatic carbocycles. The number of nitrogens with zero attached hydrogens (tertiary/aromatic N) is 3. The minimum atomic E-state index is -0.628. The van der Waals surface area contributed by atoms with Crippen LogP contribution in [0.4, 0.5) is 0 Å². The summed E-state index contributed by atoms with van der Waals surface area (Å²) in [5.41, 5.74) is 1.63. The van der Waals surface area contributed by atoms with Crippen LogP contribution in [0.25, 0.3) is 0 Å². The largest absolute Gasteiger partial charge is 0.464 e. The Morgan fingerprint density at radius 1 is 1.08 bits per heavy atom. The van der Waals surface area contributed by atoms with Crippen molar-refractivity contribution in [2.24, 2.45) is 15.5 Å². The fraction of sp³-hybridized carbons (Fsp3) is 0.375. The van der Waals surface area contributed by atoms with Crippen molar-refractivity contribution in [1.29, 1.82) is 0 Å². The molecule has 0 N–H and O–H groups in total. The van der Waals surface area contributed by atoms with Crippen molar-refractivity contribution in [3.8, 4) is 0 Å². The fourth-order valence-corrected chi connectivity index (χ4v) is 2.05. The van der Waals surface area contributed by atoms with Gasteiger partial charge in [-0.05, 0) is 6.42 Å². The molecule has 0 saturated carbocycles. The molecule has 0 aliphatic carbocycles. The summed E-state index contributed by atoms with van der Waals surface area (Å²) < 4.78 is 4.72. The molecule has 8 nitrogen and oxygen atoms in total. The number of oxime groups is 3. The smallest absolute Gasteiger partial charge is 0.360 e. The van der Waals surface area contributed by atoms with Crippen molar-refractivity contribution in [1.82, 2.24) is 0 Å². The zero-order valence-electron chi connectivity index (χ0n) is 14.5. The van der Waals surface area contributed by atoms with Crippen LogP contribution in [0, 0.1) is 0 Å². The van der Waals surface area contributed by atoms with Gasteiger partial charge < -0.3 is 19.2 Å². The number of carbonyl (C=O) groups excluding carboxylic acids is 1. The van der Waals surface area contributed by atoms with E-state index in [-0.39, 0.29) is 17.5 Å². The van der Waals surface area contributed by atoms with E-state index < -0.39 is 5.97 Å². The molecule has 136 valence electrons. The van der Waals surface area contributed by atoms with E-state index in [4.69, 9.17) is 26.0 Å². The molecule has 0 heterocycles. The standard InChI is InChI=1S/C16H20ClN3O5/c1-5-13(18-23-3)15(17)20-25-10-11-8-6-7-9-12(11)14(19-24-4)16(21)22-2/h6-9H,5,10H2,1-4H3. The minimum Gasteiger partial charge on any atom is -0.464 e. The molecule has 9 heteroatoms. The number of esters is 1. The van der Waals surface area contributed by atoms with Gasteiger partial charge in [0.05, 0.1) is 7.11 Å². The van der Waals surface area contributed by atoms with Gasteiger partial charge in [0, 0.05) is 11.1 Å². The molecule has 1 rings (SSSR count). The van der Waals surface area contributed by atoms with Crippen molar-refractivity contribution in [2.45, 2.75) is 20.0 Å². The van der Waals surface area contributed by atoms with Crippen molar-refractivity contribution in [3.05, 3.63) is 35.4 Å². The number of hydrogen-bond acceptors (Lipinski definition) is 8. The van der Waals surface area contributed by atoms with Gasteiger partial charge in [-0.2, -0.15) is 0 Å². The fourth-order valence-electron chi connectivity index (χ4n) is 1.83. The average Bonchev–Trinajstić information content (AvgIpc) is 2.64. The highest BCUT2D eigenvalue weighted by molar-refractivity contribution is 6.83. The van der Waals surface area contributed by atoms with Gasteiger partial charge in [0.25, 0.3) is 0 Å². The Bertz CT molecular complexity index is 673. The van der Waals surface area contributed by atoms with Crippen LogP contribution in [-0.4, -0.2) is 43.9 Å². The van der Waals surface area contributed by atoms with E-state index in [1.54, 1.807) is 24.3 Å². The van der Waals surface area contributed by atoms with Gasteiger partial charge in [-0.25, -0.2) is 4.79 Å². The predicted molar refractivity (Wildman–Crippen MR) is 94.8 cm³/mol. The zero-order valence-corrected chi connectivity index (χ0v) is 15.2. The minimum absolute atomic E-state index is 0.0227. The Balaban J connectivity index is 3.00. The zero-order chi connectivity index (χ0) is 18.7. The second kappa shape index (κ2) is 11.0. The monoisotopic (exact) mass is 369 g/mol. The Morgan fingerprint density at radius 2 is 1.76 bits per heavy atom. The number of hydrogen-bond donors (Lipinski definition) is 0.